The minimum atomic E-state index is -0.384. The maximum Gasteiger partial charge on any atom is 0.226 e. The molecule has 4 saturated carbocycles. The fourth-order valence-electron chi connectivity index (χ4n) is 9.28. The molecule has 1 heterocycles. The first-order valence-corrected chi connectivity index (χ1v) is 14.7. The first-order chi connectivity index (χ1) is 16.5. The van der Waals surface area contributed by atoms with Crippen molar-refractivity contribution in [3.63, 3.8) is 0 Å². The van der Waals surface area contributed by atoms with Crippen LogP contribution in [-0.4, -0.2) is 44.5 Å². The van der Waals surface area contributed by atoms with Gasteiger partial charge in [-0.2, -0.15) is 0 Å². The quantitative estimate of drug-likeness (QED) is 0.463. The lowest BCUT2D eigenvalue weighted by molar-refractivity contribution is -0.207. The Balaban J connectivity index is 1.29. The number of nitrogens with one attached hydrogen (secondary N) is 1. The molecule has 7 heteroatoms. The molecule has 11 atom stereocenters. The van der Waals surface area contributed by atoms with E-state index < -0.39 is 0 Å². The Bertz CT molecular complexity index is 938. The molecule has 0 bridgehead atoms. The number of carbonyl (C=O) groups is 1. The van der Waals surface area contributed by atoms with Crippen LogP contribution in [0.15, 0.2) is 5.38 Å². The maximum atomic E-state index is 12.5. The number of aliphatic hydroxyl groups is 3. The van der Waals surface area contributed by atoms with Crippen LogP contribution >= 0.6 is 11.3 Å². The van der Waals surface area contributed by atoms with Gasteiger partial charge in [0.2, 0.25) is 5.91 Å². The number of fused-ring (bicyclic) bond motifs is 5. The van der Waals surface area contributed by atoms with Gasteiger partial charge in [-0.15, -0.1) is 11.3 Å². The summed E-state index contributed by atoms with van der Waals surface area (Å²) in [7, 11) is 0. The van der Waals surface area contributed by atoms with Gasteiger partial charge in [0, 0.05) is 11.8 Å². The van der Waals surface area contributed by atoms with E-state index >= 15 is 0 Å². The average molecular weight is 505 g/mol. The Morgan fingerprint density at radius 1 is 1.17 bits per heavy atom. The zero-order chi connectivity index (χ0) is 25.1. The number of thiazole rings is 1. The van der Waals surface area contributed by atoms with Crippen LogP contribution in [-0.2, 0) is 4.79 Å². The van der Waals surface area contributed by atoms with Crippen LogP contribution < -0.4 is 5.32 Å². The lowest BCUT2D eigenvalue weighted by Crippen LogP contribution is -2.62. The Morgan fingerprint density at radius 2 is 1.94 bits per heavy atom. The first-order valence-electron chi connectivity index (χ1n) is 13.8. The maximum absolute atomic E-state index is 12.5. The summed E-state index contributed by atoms with van der Waals surface area (Å²) in [6.07, 6.45) is 6.56. The molecule has 0 saturated heterocycles. The smallest absolute Gasteiger partial charge is 0.226 e. The number of hydrogen-bond acceptors (Lipinski definition) is 6. The van der Waals surface area contributed by atoms with Gasteiger partial charge in [-0.05, 0) is 105 Å². The third-order valence-electron chi connectivity index (χ3n) is 11.2. The Hall–Kier alpha value is -1.02. The van der Waals surface area contributed by atoms with Crippen molar-refractivity contribution in [2.45, 2.75) is 104 Å². The zero-order valence-corrected chi connectivity index (χ0v) is 22.6. The molecular weight excluding hydrogens is 460 g/mol. The molecule has 4 N–H and O–H groups in total. The molecule has 0 spiro atoms. The van der Waals surface area contributed by atoms with Gasteiger partial charge in [-0.3, -0.25) is 4.79 Å². The fourth-order valence-corrected chi connectivity index (χ4v) is 9.99. The standard InChI is InChI=1S/C28H44N2O4S/c1-15(5-8-24(34)30-26-29-16(2)14-35-26)19-6-7-20-25-21(13-23(33)28(19,20)4)27(3)10-9-18(31)11-17(27)12-22(25)32/h14-15,17-23,25,31-33H,5-13H2,1-4H3,(H,29,30,34). The topological polar surface area (TPSA) is 103 Å². The zero-order valence-electron chi connectivity index (χ0n) is 21.7. The van der Waals surface area contributed by atoms with Crippen LogP contribution in [0, 0.1) is 53.3 Å². The van der Waals surface area contributed by atoms with Crippen LogP contribution in [0.4, 0.5) is 5.13 Å². The second-order valence-corrected chi connectivity index (χ2v) is 13.7. The number of aromatic nitrogens is 1. The Kier molecular flexibility index (Phi) is 6.86. The highest BCUT2D eigenvalue weighted by Crippen LogP contribution is 2.68. The monoisotopic (exact) mass is 504 g/mol. The summed E-state index contributed by atoms with van der Waals surface area (Å²) in [5.41, 5.74) is 0.797. The lowest BCUT2D eigenvalue weighted by Gasteiger charge is -2.63. The number of rotatable bonds is 5. The van der Waals surface area contributed by atoms with E-state index in [0.717, 1.165) is 57.1 Å². The summed E-state index contributed by atoms with van der Waals surface area (Å²) in [6, 6.07) is 0. The summed E-state index contributed by atoms with van der Waals surface area (Å²) in [6.45, 7) is 8.82. The lowest BCUT2D eigenvalue weighted by atomic mass is 9.43. The van der Waals surface area contributed by atoms with Gasteiger partial charge in [0.05, 0.1) is 24.0 Å². The number of hydrogen-bond donors (Lipinski definition) is 4. The molecule has 1 aromatic rings. The molecule has 4 aliphatic rings. The van der Waals surface area contributed by atoms with Crippen molar-refractivity contribution in [1.82, 2.24) is 4.98 Å². The van der Waals surface area contributed by atoms with E-state index in [9.17, 15) is 20.1 Å². The Labute approximate surface area is 213 Å². The van der Waals surface area contributed by atoms with Crippen molar-refractivity contribution in [2.24, 2.45) is 46.3 Å². The Morgan fingerprint density at radius 3 is 2.66 bits per heavy atom. The minimum absolute atomic E-state index is 0.0105. The normalized spacial score (nSPS) is 45.8. The molecule has 0 aromatic carbocycles. The molecule has 6 nitrogen and oxygen atoms in total. The fraction of sp³-hybridized carbons (Fsp3) is 0.857. The number of nitrogens with zero attached hydrogens (tertiary/aromatic N) is 1. The average Bonchev–Trinajstić information content (AvgIpc) is 3.37. The van der Waals surface area contributed by atoms with E-state index in [0.29, 0.717) is 41.1 Å². The highest BCUT2D eigenvalue weighted by Gasteiger charge is 2.65. The van der Waals surface area contributed by atoms with Crippen LogP contribution in [0.2, 0.25) is 0 Å². The van der Waals surface area contributed by atoms with E-state index in [2.05, 4.69) is 31.1 Å². The third kappa shape index (κ3) is 4.28. The third-order valence-corrected chi connectivity index (χ3v) is 12.1. The van der Waals surface area contributed by atoms with Crippen molar-refractivity contribution >= 4 is 22.4 Å². The SMILES string of the molecule is Cc1csc(NC(=O)CCC(C)C2CCC3C4C(O)CC5CC(O)CCC5(C)C4CC(O)C23C)n1. The van der Waals surface area contributed by atoms with Gasteiger partial charge in [0.1, 0.15) is 0 Å². The van der Waals surface area contributed by atoms with Gasteiger partial charge in [0.15, 0.2) is 5.13 Å². The second kappa shape index (κ2) is 9.38. The highest BCUT2D eigenvalue weighted by atomic mass is 32.1. The predicted molar refractivity (Wildman–Crippen MR) is 138 cm³/mol. The number of anilines is 1. The summed E-state index contributed by atoms with van der Waals surface area (Å²) in [5.74, 6) is 1.90. The minimum Gasteiger partial charge on any atom is -0.393 e. The molecule has 11 unspecified atom stereocenters. The number of amides is 1. The van der Waals surface area contributed by atoms with Crippen molar-refractivity contribution in [1.29, 1.82) is 0 Å². The van der Waals surface area contributed by atoms with Crippen LogP contribution in [0.5, 0.6) is 0 Å². The van der Waals surface area contributed by atoms with Gasteiger partial charge < -0.3 is 20.6 Å². The molecule has 1 amide bonds. The molecule has 1 aromatic heterocycles. The molecule has 35 heavy (non-hydrogen) atoms. The van der Waals surface area contributed by atoms with Gasteiger partial charge in [-0.1, -0.05) is 20.8 Å². The molecule has 0 radical (unpaired) electrons. The van der Waals surface area contributed by atoms with Gasteiger partial charge >= 0.3 is 0 Å². The van der Waals surface area contributed by atoms with E-state index in [1.165, 1.54) is 11.3 Å². The van der Waals surface area contributed by atoms with E-state index in [1.54, 1.807) is 0 Å². The van der Waals surface area contributed by atoms with Crippen molar-refractivity contribution < 1.29 is 20.1 Å². The number of aliphatic hydroxyl groups excluding tert-OH is 3. The van der Waals surface area contributed by atoms with E-state index in [-0.39, 0.29) is 41.0 Å². The molecule has 196 valence electrons. The molecule has 5 rings (SSSR count). The van der Waals surface area contributed by atoms with E-state index in [1.807, 2.05) is 12.3 Å². The predicted octanol–water partition coefficient (Wildman–Crippen LogP) is 4.77. The largest absolute Gasteiger partial charge is 0.393 e. The van der Waals surface area contributed by atoms with Crippen LogP contribution in [0.1, 0.15) is 84.3 Å². The van der Waals surface area contributed by atoms with Crippen LogP contribution in [0.25, 0.3) is 0 Å². The van der Waals surface area contributed by atoms with Gasteiger partial charge in [-0.25, -0.2) is 4.98 Å². The number of aryl methyl sites for hydroxylation is 1. The van der Waals surface area contributed by atoms with Gasteiger partial charge in [0.25, 0.3) is 0 Å². The highest BCUT2D eigenvalue weighted by molar-refractivity contribution is 7.13. The first kappa shape index (κ1) is 25.6. The summed E-state index contributed by atoms with van der Waals surface area (Å²) in [5, 5.41) is 38.9. The van der Waals surface area contributed by atoms with Crippen molar-refractivity contribution in [3.8, 4) is 0 Å². The summed E-state index contributed by atoms with van der Waals surface area (Å²) >= 11 is 1.46. The molecule has 4 fully saturated rings. The van der Waals surface area contributed by atoms with Crippen LogP contribution in [0.3, 0.4) is 0 Å². The molecule has 0 aliphatic heterocycles. The molecule has 4 aliphatic carbocycles. The molecular formula is C28H44N2O4S. The van der Waals surface area contributed by atoms with E-state index in [4.69, 9.17) is 0 Å². The van der Waals surface area contributed by atoms with Crippen molar-refractivity contribution in [3.05, 3.63) is 11.1 Å². The summed E-state index contributed by atoms with van der Waals surface area (Å²) in [4.78, 5) is 16.9. The second-order valence-electron chi connectivity index (χ2n) is 12.9. The van der Waals surface area contributed by atoms with Crippen molar-refractivity contribution in [2.75, 3.05) is 5.32 Å². The number of carbonyl (C=O) groups excluding carboxylic acids is 1. The summed E-state index contributed by atoms with van der Waals surface area (Å²) < 4.78 is 0.